The van der Waals surface area contributed by atoms with Gasteiger partial charge in [-0.1, -0.05) is 6.07 Å². The van der Waals surface area contributed by atoms with Gasteiger partial charge in [-0.3, -0.25) is 4.90 Å². The lowest BCUT2D eigenvalue weighted by atomic mass is 10.2. The molecule has 0 N–H and O–H groups in total. The SMILES string of the molecule is C[C@@H](c1cccs1)N(C)CCOc1ccc(S(=O)(=O)N(C)C)cc1. The maximum Gasteiger partial charge on any atom is 0.242 e. The van der Waals surface area contributed by atoms with Crippen LogP contribution in [0.2, 0.25) is 0 Å². The van der Waals surface area contributed by atoms with Crippen molar-refractivity contribution in [2.75, 3.05) is 34.3 Å². The van der Waals surface area contributed by atoms with Crippen LogP contribution in [0.25, 0.3) is 0 Å². The van der Waals surface area contributed by atoms with Crippen molar-refractivity contribution in [2.24, 2.45) is 0 Å². The first-order chi connectivity index (χ1) is 11.3. The number of hydrogen-bond donors (Lipinski definition) is 0. The van der Waals surface area contributed by atoms with Crippen molar-refractivity contribution in [3.63, 3.8) is 0 Å². The van der Waals surface area contributed by atoms with Gasteiger partial charge >= 0.3 is 0 Å². The molecule has 132 valence electrons. The van der Waals surface area contributed by atoms with E-state index in [1.807, 2.05) is 0 Å². The minimum atomic E-state index is -3.39. The van der Waals surface area contributed by atoms with Crippen molar-refractivity contribution in [1.82, 2.24) is 9.21 Å². The fourth-order valence-electron chi connectivity index (χ4n) is 2.17. The summed E-state index contributed by atoms with van der Waals surface area (Å²) in [6, 6.07) is 11.1. The number of likely N-dealkylation sites (N-methyl/N-ethyl adjacent to an activating group) is 1. The van der Waals surface area contributed by atoms with Crippen molar-refractivity contribution in [3.05, 3.63) is 46.7 Å². The van der Waals surface area contributed by atoms with Crippen LogP contribution >= 0.6 is 11.3 Å². The number of rotatable bonds is 8. The van der Waals surface area contributed by atoms with Gasteiger partial charge in [0.2, 0.25) is 10.0 Å². The number of benzene rings is 1. The van der Waals surface area contributed by atoms with E-state index in [1.165, 1.54) is 23.3 Å². The maximum absolute atomic E-state index is 12.0. The lowest BCUT2D eigenvalue weighted by Gasteiger charge is -2.23. The topological polar surface area (TPSA) is 49.9 Å². The van der Waals surface area contributed by atoms with Gasteiger partial charge in [-0.2, -0.15) is 0 Å². The zero-order valence-corrected chi connectivity index (χ0v) is 16.1. The van der Waals surface area contributed by atoms with Crippen LogP contribution in [0, 0.1) is 0 Å². The molecule has 5 nitrogen and oxygen atoms in total. The molecule has 0 spiro atoms. The second-order valence-corrected chi connectivity index (χ2v) is 8.91. The Morgan fingerprint density at radius 2 is 1.79 bits per heavy atom. The summed E-state index contributed by atoms with van der Waals surface area (Å²) in [5, 5.41) is 2.08. The van der Waals surface area contributed by atoms with Crippen LogP contribution in [0.5, 0.6) is 5.75 Å². The van der Waals surface area contributed by atoms with Crippen molar-refractivity contribution in [3.8, 4) is 5.75 Å². The Bertz CT molecular complexity index is 726. The molecule has 0 amide bonds. The average Bonchev–Trinajstić information content (AvgIpc) is 3.08. The van der Waals surface area contributed by atoms with Crippen LogP contribution in [-0.4, -0.2) is 51.9 Å². The van der Waals surface area contributed by atoms with E-state index in [2.05, 4.69) is 36.4 Å². The molecule has 0 aliphatic carbocycles. The molecule has 0 saturated carbocycles. The van der Waals surface area contributed by atoms with Gasteiger partial charge in [-0.25, -0.2) is 12.7 Å². The highest BCUT2D eigenvalue weighted by molar-refractivity contribution is 7.89. The Hall–Kier alpha value is -1.41. The lowest BCUT2D eigenvalue weighted by Crippen LogP contribution is -2.26. The molecule has 0 fully saturated rings. The summed E-state index contributed by atoms with van der Waals surface area (Å²) in [7, 11) is 1.71. The Kier molecular flexibility index (Phi) is 6.40. The molecule has 0 aliphatic heterocycles. The van der Waals surface area contributed by atoms with E-state index in [-0.39, 0.29) is 4.90 Å². The van der Waals surface area contributed by atoms with E-state index in [0.29, 0.717) is 18.4 Å². The second kappa shape index (κ2) is 8.11. The number of sulfonamides is 1. The summed E-state index contributed by atoms with van der Waals surface area (Å²) in [5.74, 6) is 0.671. The van der Waals surface area contributed by atoms with Crippen LogP contribution < -0.4 is 4.74 Å². The van der Waals surface area contributed by atoms with E-state index < -0.39 is 10.0 Å². The first kappa shape index (κ1) is 18.9. The zero-order chi connectivity index (χ0) is 17.7. The van der Waals surface area contributed by atoms with Crippen LogP contribution in [0.4, 0.5) is 0 Å². The summed E-state index contributed by atoms with van der Waals surface area (Å²) in [6.45, 7) is 3.51. The second-order valence-electron chi connectivity index (χ2n) is 5.78. The Morgan fingerprint density at radius 1 is 1.12 bits per heavy atom. The fourth-order valence-corrected chi connectivity index (χ4v) is 3.92. The van der Waals surface area contributed by atoms with E-state index in [9.17, 15) is 8.42 Å². The van der Waals surface area contributed by atoms with Crippen molar-refractivity contribution >= 4 is 21.4 Å². The monoisotopic (exact) mass is 368 g/mol. The quantitative estimate of drug-likeness (QED) is 0.718. The van der Waals surface area contributed by atoms with Gasteiger partial charge in [0.25, 0.3) is 0 Å². The molecule has 0 saturated heterocycles. The fraction of sp³-hybridized carbons (Fsp3) is 0.412. The van der Waals surface area contributed by atoms with Gasteiger partial charge in [0, 0.05) is 31.6 Å². The average molecular weight is 369 g/mol. The van der Waals surface area contributed by atoms with Crippen LogP contribution in [0.1, 0.15) is 17.8 Å². The molecule has 24 heavy (non-hydrogen) atoms. The van der Waals surface area contributed by atoms with Gasteiger partial charge in [-0.15, -0.1) is 11.3 Å². The molecule has 7 heteroatoms. The van der Waals surface area contributed by atoms with Gasteiger partial charge < -0.3 is 4.74 Å². The van der Waals surface area contributed by atoms with Gasteiger partial charge in [0.15, 0.2) is 0 Å². The summed E-state index contributed by atoms with van der Waals surface area (Å²) >= 11 is 1.75. The molecule has 1 atom stereocenters. The molecular weight excluding hydrogens is 344 g/mol. The van der Waals surface area contributed by atoms with Crippen molar-refractivity contribution < 1.29 is 13.2 Å². The van der Waals surface area contributed by atoms with Crippen LogP contribution in [-0.2, 0) is 10.0 Å². The first-order valence-electron chi connectivity index (χ1n) is 7.71. The summed E-state index contributed by atoms with van der Waals surface area (Å²) in [5.41, 5.74) is 0. The summed E-state index contributed by atoms with van der Waals surface area (Å²) in [4.78, 5) is 3.83. The molecule has 0 aliphatic rings. The molecule has 0 bridgehead atoms. The molecule has 0 radical (unpaired) electrons. The van der Waals surface area contributed by atoms with E-state index >= 15 is 0 Å². The Labute approximate surface area is 148 Å². The zero-order valence-electron chi connectivity index (χ0n) is 14.5. The van der Waals surface area contributed by atoms with Crippen molar-refractivity contribution in [1.29, 1.82) is 0 Å². The molecular formula is C17H24N2O3S2. The Balaban J connectivity index is 1.87. The highest BCUT2D eigenvalue weighted by Gasteiger charge is 2.17. The third-order valence-corrected chi connectivity index (χ3v) is 6.80. The van der Waals surface area contributed by atoms with E-state index in [0.717, 1.165) is 6.54 Å². The minimum Gasteiger partial charge on any atom is -0.492 e. The largest absolute Gasteiger partial charge is 0.492 e. The standard InChI is InChI=1S/C17H24N2O3S2/c1-14(17-6-5-13-23-17)19(4)11-12-22-15-7-9-16(10-8-15)24(20,21)18(2)3/h5-10,13-14H,11-12H2,1-4H3/t14-/m0/s1. The van der Waals surface area contributed by atoms with E-state index in [4.69, 9.17) is 4.74 Å². The molecule has 1 heterocycles. The highest BCUT2D eigenvalue weighted by atomic mass is 32.2. The third-order valence-electron chi connectivity index (χ3n) is 3.93. The molecule has 2 aromatic rings. The predicted molar refractivity (Wildman–Crippen MR) is 98.2 cm³/mol. The highest BCUT2D eigenvalue weighted by Crippen LogP contribution is 2.23. The molecule has 1 aromatic heterocycles. The maximum atomic E-state index is 12.0. The lowest BCUT2D eigenvalue weighted by molar-refractivity contribution is 0.202. The molecule has 0 unspecified atom stereocenters. The van der Waals surface area contributed by atoms with E-state index in [1.54, 1.807) is 35.6 Å². The molecule has 2 rings (SSSR count). The smallest absolute Gasteiger partial charge is 0.242 e. The first-order valence-corrected chi connectivity index (χ1v) is 10.0. The van der Waals surface area contributed by atoms with Crippen molar-refractivity contribution in [2.45, 2.75) is 17.9 Å². The summed E-state index contributed by atoms with van der Waals surface area (Å²) in [6.07, 6.45) is 0. The van der Waals surface area contributed by atoms with Gasteiger partial charge in [0.05, 0.1) is 4.90 Å². The number of ether oxygens (including phenoxy) is 1. The minimum absolute atomic E-state index is 0.267. The number of thiophene rings is 1. The number of nitrogens with zero attached hydrogens (tertiary/aromatic N) is 2. The van der Waals surface area contributed by atoms with Crippen LogP contribution in [0.15, 0.2) is 46.7 Å². The van der Waals surface area contributed by atoms with Gasteiger partial charge in [0.1, 0.15) is 12.4 Å². The predicted octanol–water partition coefficient (Wildman–Crippen LogP) is 3.07. The van der Waals surface area contributed by atoms with Crippen LogP contribution in [0.3, 0.4) is 0 Å². The Morgan fingerprint density at radius 3 is 2.33 bits per heavy atom. The summed E-state index contributed by atoms with van der Waals surface area (Å²) < 4.78 is 31.0. The molecule has 1 aromatic carbocycles. The van der Waals surface area contributed by atoms with Gasteiger partial charge in [-0.05, 0) is 49.7 Å². The third kappa shape index (κ3) is 4.57. The normalized spacial score (nSPS) is 13.4. The number of hydrogen-bond acceptors (Lipinski definition) is 5.